The minimum atomic E-state index is -5.88. The van der Waals surface area contributed by atoms with Gasteiger partial charge in [0, 0.05) is 24.5 Å². The van der Waals surface area contributed by atoms with Gasteiger partial charge in [-0.05, 0) is 0 Å². The molecule has 0 aromatic carbocycles. The summed E-state index contributed by atoms with van der Waals surface area (Å²) in [7, 11) is -22.9. The molecule has 2 aliphatic heterocycles. The van der Waals surface area contributed by atoms with Crippen molar-refractivity contribution in [3.63, 3.8) is 0 Å². The van der Waals surface area contributed by atoms with Crippen LogP contribution < -0.4 is 51.9 Å². The van der Waals surface area contributed by atoms with E-state index < -0.39 is 116 Å². The van der Waals surface area contributed by atoms with Crippen LogP contribution in [0.25, 0.3) is 0 Å². The van der Waals surface area contributed by atoms with E-state index in [2.05, 4.69) is 17.7 Å². The van der Waals surface area contributed by atoms with E-state index in [-0.39, 0.29) is 113 Å². The first-order chi connectivity index (χ1) is 22.8. The van der Waals surface area contributed by atoms with Crippen LogP contribution in [0.5, 0.6) is 0 Å². The van der Waals surface area contributed by atoms with E-state index in [9.17, 15) is 87.2 Å². The van der Waals surface area contributed by atoms with Gasteiger partial charge in [0.15, 0.2) is 12.5 Å². The molecule has 10 atom stereocenters. The van der Waals surface area contributed by atoms with Crippen LogP contribution in [-0.4, -0.2) is 203 Å². The summed E-state index contributed by atoms with van der Waals surface area (Å²) in [5.41, 5.74) is -3.39. The number of aromatic nitrogens is 4. The summed E-state index contributed by atoms with van der Waals surface area (Å²) in [6, 6.07) is 1.88. The van der Waals surface area contributed by atoms with E-state index in [1.54, 1.807) is 0 Å². The maximum absolute atomic E-state index is 11.6. The first-order valence-corrected chi connectivity index (χ1v) is 18.7. The zero-order valence-electron chi connectivity index (χ0n) is 26.1. The predicted octanol–water partition coefficient (Wildman–Crippen LogP) is -10.2. The number of ether oxygens (including phenoxy) is 2. The minimum absolute atomic E-state index is 0. The Labute approximate surface area is 382 Å². The third-order valence-electron chi connectivity index (χ3n) is 6.12. The number of nitrogens with zero attached hydrogens (tertiary/aromatic N) is 2. The van der Waals surface area contributed by atoms with Crippen molar-refractivity contribution in [2.24, 2.45) is 0 Å². The third kappa shape index (κ3) is 16.9. The number of H-pyrrole nitrogens is 2. The second kappa shape index (κ2) is 22.1. The predicted molar refractivity (Wildman–Crippen MR) is 156 cm³/mol. The average molecular weight is 923 g/mol. The van der Waals surface area contributed by atoms with Gasteiger partial charge in [-0.2, -0.15) is 0 Å². The Hall–Kier alpha value is 1.42. The maximum atomic E-state index is 11.6. The molecule has 284 valence electrons. The molecular weight excluding hydrogens is 900 g/mol. The number of aliphatic hydroxyl groups is 4. The van der Waals surface area contributed by atoms with Crippen molar-refractivity contribution in [1.82, 2.24) is 19.1 Å². The molecule has 0 bridgehead atoms. The van der Waals surface area contributed by atoms with Crippen molar-refractivity contribution in [3.05, 3.63) is 66.2 Å². The van der Waals surface area contributed by atoms with Crippen LogP contribution in [0.4, 0.5) is 0 Å². The molecule has 4 rings (SSSR count). The van der Waals surface area contributed by atoms with Gasteiger partial charge >= 0.3 is 125 Å². The molecule has 2 saturated heterocycles. The molecule has 0 saturated carbocycles. The van der Waals surface area contributed by atoms with Crippen LogP contribution in [0.3, 0.4) is 0 Å². The minimum Gasteiger partial charge on any atom is -0.790 e. The molecular formula is C18H22Ca3N4O24P4. The van der Waals surface area contributed by atoms with Gasteiger partial charge in [0.1, 0.15) is 36.6 Å². The molecule has 2 fully saturated rings. The van der Waals surface area contributed by atoms with Crippen LogP contribution >= 0.6 is 31.3 Å². The van der Waals surface area contributed by atoms with E-state index >= 15 is 0 Å². The summed E-state index contributed by atoms with van der Waals surface area (Å²) in [5.74, 6) is 0. The fraction of sp³-hybridized carbons (Fsp3) is 0.556. The summed E-state index contributed by atoms with van der Waals surface area (Å²) in [6.45, 7) is -2.04. The van der Waals surface area contributed by atoms with Crippen LogP contribution in [-0.2, 0) is 45.4 Å². The van der Waals surface area contributed by atoms with Gasteiger partial charge < -0.3 is 77.4 Å². The number of nitrogens with one attached hydrogen (secondary N) is 2. The Morgan fingerprint density at radius 3 is 1.17 bits per heavy atom. The molecule has 53 heavy (non-hydrogen) atoms. The Morgan fingerprint density at radius 1 is 0.604 bits per heavy atom. The molecule has 4 heterocycles. The number of rotatable bonds is 12. The Kier molecular flexibility index (Phi) is 22.7. The number of aromatic amines is 2. The van der Waals surface area contributed by atoms with E-state index in [0.717, 1.165) is 33.7 Å². The van der Waals surface area contributed by atoms with Gasteiger partial charge in [0.2, 0.25) is 0 Å². The smallest absolute Gasteiger partial charge is 0.790 e. The summed E-state index contributed by atoms with van der Waals surface area (Å²) in [5, 5.41) is 39.4. The van der Waals surface area contributed by atoms with Gasteiger partial charge in [-0.25, -0.2) is 9.59 Å². The fourth-order valence-electron chi connectivity index (χ4n) is 4.07. The molecule has 35 heteroatoms. The second-order valence-corrected chi connectivity index (χ2v) is 15.1. The molecule has 2 aliphatic rings. The molecule has 0 spiro atoms. The Morgan fingerprint density at radius 2 is 0.906 bits per heavy atom. The standard InChI is InChI=1S/2C9H14N2O12P2.3Ca/c2*12-5-1-2-11(9(15)10-5)8-7(14)6(13)4(22-8)3-21-25(19,20)23-24(16,17)18;;;/h2*1-2,4,6-8,13-14H,3H2,(H,19,20)(H,10,12,15)(H2,16,17,18);;;/q;;3*+2/p-6/t2*4-,6-,7-,8-;;;/m11.../s1. The summed E-state index contributed by atoms with van der Waals surface area (Å²) in [6.07, 6.45) is -11.0. The van der Waals surface area contributed by atoms with E-state index in [4.69, 9.17) is 9.47 Å². The monoisotopic (exact) mass is 922 g/mol. The normalized spacial score (nSPS) is 27.8. The first kappa shape index (κ1) is 54.4. The van der Waals surface area contributed by atoms with Crippen LogP contribution in [0.1, 0.15) is 12.5 Å². The van der Waals surface area contributed by atoms with Crippen molar-refractivity contribution in [3.8, 4) is 0 Å². The van der Waals surface area contributed by atoms with Crippen molar-refractivity contribution >= 4 is 145 Å². The largest absolute Gasteiger partial charge is 2.00 e. The van der Waals surface area contributed by atoms with Gasteiger partial charge in [-0.15, -0.1) is 0 Å². The second-order valence-electron chi connectivity index (χ2n) is 9.67. The zero-order valence-corrected chi connectivity index (χ0v) is 36.3. The van der Waals surface area contributed by atoms with Gasteiger partial charge in [-0.1, -0.05) is 0 Å². The zero-order chi connectivity index (χ0) is 38.0. The van der Waals surface area contributed by atoms with Crippen molar-refractivity contribution in [1.29, 1.82) is 0 Å². The van der Waals surface area contributed by atoms with E-state index in [1.807, 2.05) is 9.97 Å². The SMILES string of the molecule is O=c1ccn([C@@H]2O[C@H](COP(=O)([O-])OP(=O)([O-])[O-])[C@@H](O)[C@H]2O)c(=O)[nH]1.O=c1ccn([C@@H]2O[C@H](COP(=O)([O-])OP(=O)([O-])[O-])[C@@H](O)[C@H]2O)c(=O)[nH]1.[Ca+2].[Ca+2].[Ca+2]. The number of hydrogen-bond acceptors (Lipinski definition) is 24. The summed E-state index contributed by atoms with van der Waals surface area (Å²) in [4.78, 5) is 112. The number of hydrogen-bond donors (Lipinski definition) is 6. The van der Waals surface area contributed by atoms with E-state index in [0.29, 0.717) is 0 Å². The molecule has 6 N–H and O–H groups in total. The van der Waals surface area contributed by atoms with Gasteiger partial charge in [-0.3, -0.25) is 46.4 Å². The summed E-state index contributed by atoms with van der Waals surface area (Å²) >= 11 is 0. The average Bonchev–Trinajstić information content (AvgIpc) is 3.38. The molecule has 2 aromatic heterocycles. The van der Waals surface area contributed by atoms with Crippen molar-refractivity contribution < 1.29 is 95.2 Å². The molecule has 2 unspecified atom stereocenters. The number of aliphatic hydroxyl groups excluding tert-OH is 4. The van der Waals surface area contributed by atoms with Crippen molar-refractivity contribution in [2.45, 2.75) is 49.1 Å². The van der Waals surface area contributed by atoms with E-state index in [1.165, 1.54) is 0 Å². The Balaban J connectivity index is 0.000000966. The summed E-state index contributed by atoms with van der Waals surface area (Å²) < 4.78 is 69.1. The van der Waals surface area contributed by atoms with Crippen molar-refractivity contribution in [2.75, 3.05) is 13.2 Å². The molecule has 0 aliphatic carbocycles. The maximum Gasteiger partial charge on any atom is 2.00 e. The first-order valence-electron chi connectivity index (χ1n) is 12.8. The van der Waals surface area contributed by atoms with Gasteiger partial charge in [0.25, 0.3) is 26.8 Å². The van der Waals surface area contributed by atoms with Crippen LogP contribution in [0, 0.1) is 0 Å². The number of phosphoric acid groups is 4. The number of phosphoric ester groups is 2. The molecule has 2 aromatic rings. The van der Waals surface area contributed by atoms with Crippen LogP contribution in [0.2, 0.25) is 0 Å². The van der Waals surface area contributed by atoms with Gasteiger partial charge in [0.05, 0.1) is 28.9 Å². The molecule has 0 amide bonds. The Bertz CT molecular complexity index is 1810. The molecule has 28 nitrogen and oxygen atoms in total. The quantitative estimate of drug-likeness (QED) is 0.0850. The third-order valence-corrected chi connectivity index (χ3v) is 10.2. The molecule has 0 radical (unpaired) electrons. The fourth-order valence-corrected chi connectivity index (χ4v) is 7.07. The topological polar surface area (TPSA) is 453 Å². The van der Waals surface area contributed by atoms with Crippen LogP contribution in [0.15, 0.2) is 43.7 Å².